The van der Waals surface area contributed by atoms with Crippen LogP contribution in [0.5, 0.6) is 0 Å². The first-order chi connectivity index (χ1) is 10.8. The van der Waals surface area contributed by atoms with Gasteiger partial charge in [-0.3, -0.25) is 17.2 Å². The lowest BCUT2D eigenvalue weighted by Gasteiger charge is -2.37. The van der Waals surface area contributed by atoms with Gasteiger partial charge in [0.15, 0.2) is 0 Å². The Labute approximate surface area is 145 Å². The van der Waals surface area contributed by atoms with Crippen molar-refractivity contribution in [3.8, 4) is 0 Å². The Morgan fingerprint density at radius 1 is 0.522 bits per heavy atom. The van der Waals surface area contributed by atoms with Gasteiger partial charge in [-0.15, -0.1) is 0 Å². The summed E-state index contributed by atoms with van der Waals surface area (Å²) in [6.45, 7) is 4.12. The summed E-state index contributed by atoms with van der Waals surface area (Å²) in [5.41, 5.74) is 22.5. The SMILES string of the molecule is CCCCCCCCCCCCCCCCC(C)(N)C(N)(N)N. The molecule has 0 radical (unpaired) electrons. The van der Waals surface area contributed by atoms with E-state index in [0.717, 1.165) is 12.8 Å². The van der Waals surface area contributed by atoms with Crippen molar-refractivity contribution in [3.05, 3.63) is 0 Å². The fraction of sp³-hybridized carbons (Fsp3) is 1.00. The lowest BCUT2D eigenvalue weighted by molar-refractivity contribution is 0.230. The molecule has 8 N–H and O–H groups in total. The van der Waals surface area contributed by atoms with E-state index >= 15 is 0 Å². The van der Waals surface area contributed by atoms with Gasteiger partial charge < -0.3 is 5.73 Å². The maximum atomic E-state index is 6.07. The van der Waals surface area contributed by atoms with Crippen LogP contribution in [0, 0.1) is 0 Å². The highest BCUT2D eigenvalue weighted by Gasteiger charge is 2.34. The molecule has 0 aromatic heterocycles. The smallest absolute Gasteiger partial charge is 0.134 e. The van der Waals surface area contributed by atoms with Crippen LogP contribution in [0.15, 0.2) is 0 Å². The molecule has 0 aliphatic rings. The molecule has 0 saturated heterocycles. The second kappa shape index (κ2) is 13.2. The minimum atomic E-state index is -1.29. The summed E-state index contributed by atoms with van der Waals surface area (Å²) in [7, 11) is 0. The zero-order chi connectivity index (χ0) is 17.6. The normalized spacial score (nSPS) is 14.9. The molecule has 0 fully saturated rings. The van der Waals surface area contributed by atoms with Crippen LogP contribution in [-0.4, -0.2) is 11.3 Å². The predicted octanol–water partition coefficient (Wildman–Crippen LogP) is 4.11. The third kappa shape index (κ3) is 12.9. The molecule has 1 unspecified atom stereocenters. The molecule has 0 saturated carbocycles. The molecule has 4 nitrogen and oxygen atoms in total. The third-order valence-electron chi connectivity index (χ3n) is 5.04. The first kappa shape index (κ1) is 22.8. The highest BCUT2D eigenvalue weighted by atomic mass is 15.2. The van der Waals surface area contributed by atoms with Gasteiger partial charge in [-0.25, -0.2) is 0 Å². The Bertz CT molecular complexity index is 259. The zero-order valence-corrected chi connectivity index (χ0v) is 15.9. The molecular formula is C19H44N4. The molecule has 23 heavy (non-hydrogen) atoms. The third-order valence-corrected chi connectivity index (χ3v) is 5.04. The minimum absolute atomic E-state index is 0.690. The monoisotopic (exact) mass is 328 g/mol. The van der Waals surface area contributed by atoms with Gasteiger partial charge >= 0.3 is 0 Å². The van der Waals surface area contributed by atoms with E-state index in [4.69, 9.17) is 22.9 Å². The van der Waals surface area contributed by atoms with E-state index in [-0.39, 0.29) is 0 Å². The summed E-state index contributed by atoms with van der Waals surface area (Å²) in [5.74, 6) is -1.29. The lowest BCUT2D eigenvalue weighted by Crippen LogP contribution is -2.75. The Balaban J connectivity index is 3.25. The Morgan fingerprint density at radius 2 is 0.826 bits per heavy atom. The standard InChI is InChI=1S/C19H44N4/c1-3-4-5-6-7-8-9-10-11-12-13-14-15-16-17-18(2,20)19(21,22)23/h3-17,20-23H2,1-2H3. The molecule has 0 spiro atoms. The Hall–Kier alpha value is -0.160. The van der Waals surface area contributed by atoms with Crippen molar-refractivity contribution in [2.24, 2.45) is 22.9 Å². The van der Waals surface area contributed by atoms with Crippen molar-refractivity contribution in [1.82, 2.24) is 0 Å². The Kier molecular flexibility index (Phi) is 13.1. The van der Waals surface area contributed by atoms with Gasteiger partial charge in [0.05, 0.1) is 5.54 Å². The summed E-state index contributed by atoms with van der Waals surface area (Å²) in [6.07, 6.45) is 19.7. The van der Waals surface area contributed by atoms with E-state index in [1.165, 1.54) is 83.5 Å². The molecule has 0 aromatic carbocycles. The van der Waals surface area contributed by atoms with Crippen molar-refractivity contribution in [1.29, 1.82) is 0 Å². The van der Waals surface area contributed by atoms with E-state index in [2.05, 4.69) is 6.92 Å². The molecule has 0 aliphatic heterocycles. The van der Waals surface area contributed by atoms with Crippen molar-refractivity contribution >= 4 is 0 Å². The van der Waals surface area contributed by atoms with Gasteiger partial charge in [-0.1, -0.05) is 96.8 Å². The van der Waals surface area contributed by atoms with Gasteiger partial charge in [0.25, 0.3) is 0 Å². The van der Waals surface area contributed by atoms with Crippen LogP contribution in [0.2, 0.25) is 0 Å². The fourth-order valence-electron chi connectivity index (χ4n) is 2.90. The molecule has 140 valence electrons. The zero-order valence-electron chi connectivity index (χ0n) is 15.9. The second-order valence-corrected chi connectivity index (χ2v) is 7.70. The Morgan fingerprint density at radius 3 is 1.13 bits per heavy atom. The summed E-state index contributed by atoms with van der Waals surface area (Å²) in [6, 6.07) is 0. The predicted molar refractivity (Wildman–Crippen MR) is 103 cm³/mol. The van der Waals surface area contributed by atoms with Crippen LogP contribution in [0.25, 0.3) is 0 Å². The number of nitrogens with two attached hydrogens (primary N) is 4. The first-order valence-corrected chi connectivity index (χ1v) is 9.97. The van der Waals surface area contributed by atoms with Crippen molar-refractivity contribution < 1.29 is 0 Å². The van der Waals surface area contributed by atoms with Gasteiger partial charge in [0, 0.05) is 0 Å². The molecule has 0 aliphatic carbocycles. The van der Waals surface area contributed by atoms with Crippen LogP contribution in [0.4, 0.5) is 0 Å². The van der Waals surface area contributed by atoms with Crippen LogP contribution in [-0.2, 0) is 0 Å². The molecule has 1 atom stereocenters. The largest absolute Gasteiger partial charge is 0.322 e. The highest BCUT2D eigenvalue weighted by molar-refractivity contribution is 4.95. The number of rotatable bonds is 16. The summed E-state index contributed by atoms with van der Waals surface area (Å²) in [4.78, 5) is 0. The summed E-state index contributed by atoms with van der Waals surface area (Å²) < 4.78 is 0. The second-order valence-electron chi connectivity index (χ2n) is 7.70. The van der Waals surface area contributed by atoms with Crippen molar-refractivity contribution in [3.63, 3.8) is 0 Å². The topological polar surface area (TPSA) is 104 Å². The van der Waals surface area contributed by atoms with Crippen molar-refractivity contribution in [2.45, 2.75) is 121 Å². The van der Waals surface area contributed by atoms with Crippen LogP contribution in [0.3, 0.4) is 0 Å². The maximum absolute atomic E-state index is 6.07. The van der Waals surface area contributed by atoms with Crippen LogP contribution >= 0.6 is 0 Å². The summed E-state index contributed by atoms with van der Waals surface area (Å²) in [5, 5.41) is 0. The molecular weight excluding hydrogens is 284 g/mol. The number of hydrogen-bond acceptors (Lipinski definition) is 4. The van der Waals surface area contributed by atoms with Crippen LogP contribution < -0.4 is 22.9 Å². The average Bonchev–Trinajstić information content (AvgIpc) is 2.46. The lowest BCUT2D eigenvalue weighted by atomic mass is 9.88. The van der Waals surface area contributed by atoms with Gasteiger partial charge in [-0.05, 0) is 13.3 Å². The molecule has 0 heterocycles. The van der Waals surface area contributed by atoms with E-state index in [1.54, 1.807) is 0 Å². The molecule has 4 heteroatoms. The van der Waals surface area contributed by atoms with Crippen LogP contribution in [0.1, 0.15) is 110 Å². The first-order valence-electron chi connectivity index (χ1n) is 9.97. The number of hydrogen-bond donors (Lipinski definition) is 4. The molecule has 0 bridgehead atoms. The van der Waals surface area contributed by atoms with E-state index in [1.807, 2.05) is 6.92 Å². The van der Waals surface area contributed by atoms with E-state index < -0.39 is 11.3 Å². The van der Waals surface area contributed by atoms with Gasteiger partial charge in [0.2, 0.25) is 0 Å². The highest BCUT2D eigenvalue weighted by Crippen LogP contribution is 2.18. The van der Waals surface area contributed by atoms with Gasteiger partial charge in [-0.2, -0.15) is 0 Å². The molecule has 0 rings (SSSR count). The van der Waals surface area contributed by atoms with E-state index in [0.29, 0.717) is 0 Å². The average molecular weight is 329 g/mol. The molecule has 0 aromatic rings. The number of unbranched alkanes of at least 4 members (excludes halogenated alkanes) is 13. The van der Waals surface area contributed by atoms with E-state index in [9.17, 15) is 0 Å². The van der Waals surface area contributed by atoms with Gasteiger partial charge in [0.1, 0.15) is 5.79 Å². The van der Waals surface area contributed by atoms with Crippen molar-refractivity contribution in [2.75, 3.05) is 0 Å². The maximum Gasteiger partial charge on any atom is 0.134 e. The quantitative estimate of drug-likeness (QED) is 0.253. The fourth-order valence-corrected chi connectivity index (χ4v) is 2.90. The summed E-state index contributed by atoms with van der Waals surface area (Å²) >= 11 is 0. The minimum Gasteiger partial charge on any atom is -0.322 e. The molecule has 0 amide bonds.